The number of aryl methyl sites for hydroxylation is 2. The fraction of sp³-hybridized carbons (Fsp3) is 0.250. The first-order valence-corrected chi connectivity index (χ1v) is 10.0. The Kier molecular flexibility index (Phi) is 5.42. The summed E-state index contributed by atoms with van der Waals surface area (Å²) in [7, 11) is 1.62. The van der Waals surface area contributed by atoms with E-state index in [0.717, 1.165) is 27.8 Å². The van der Waals surface area contributed by atoms with Crippen LogP contribution in [0.4, 0.5) is 0 Å². The molecule has 31 heavy (non-hydrogen) atoms. The Morgan fingerprint density at radius 1 is 1.23 bits per heavy atom. The Morgan fingerprint density at radius 2 is 2.03 bits per heavy atom. The fourth-order valence-electron chi connectivity index (χ4n) is 3.91. The highest BCUT2D eigenvalue weighted by Gasteiger charge is 2.17. The third-order valence-electron chi connectivity index (χ3n) is 5.53. The molecule has 0 aliphatic carbocycles. The van der Waals surface area contributed by atoms with Crippen molar-refractivity contribution in [1.82, 2.24) is 10.3 Å². The number of H-pyrrole nitrogens is 1. The molecule has 4 aromatic rings. The second-order valence-electron chi connectivity index (χ2n) is 7.65. The van der Waals surface area contributed by atoms with E-state index in [2.05, 4.69) is 10.3 Å². The molecule has 4 rings (SSSR count). The molecule has 0 aliphatic rings. The first kappa shape index (κ1) is 20.5. The van der Waals surface area contributed by atoms with Crippen LogP contribution in [0.2, 0.25) is 0 Å². The van der Waals surface area contributed by atoms with Crippen molar-refractivity contribution < 1.29 is 19.1 Å². The summed E-state index contributed by atoms with van der Waals surface area (Å²) in [6.45, 7) is 3.95. The lowest BCUT2D eigenvalue weighted by atomic mass is 10.0. The van der Waals surface area contributed by atoms with Crippen LogP contribution in [0, 0.1) is 13.8 Å². The maximum Gasteiger partial charge on any atom is 0.340 e. The number of aromatic amines is 1. The van der Waals surface area contributed by atoms with Gasteiger partial charge in [-0.3, -0.25) is 4.79 Å². The minimum Gasteiger partial charge on any atom is -0.507 e. The second kappa shape index (κ2) is 8.18. The van der Waals surface area contributed by atoms with Gasteiger partial charge in [0.2, 0.25) is 5.91 Å². The number of phenolic OH excluding ortho intramolecular Hbond substituents is 1. The van der Waals surface area contributed by atoms with Crippen molar-refractivity contribution in [2.45, 2.75) is 26.7 Å². The highest BCUT2D eigenvalue weighted by Crippen LogP contribution is 2.30. The SMILES string of the molecule is COc1ccc2[nH]cc(CCNC(=O)Cc3c(C)c4c(O)cc(C)cc4oc3=O)c2c1. The van der Waals surface area contributed by atoms with Crippen LogP contribution in [0.3, 0.4) is 0 Å². The number of carbonyl (C=O) groups excluding carboxylic acids is 1. The molecule has 0 bridgehead atoms. The molecule has 7 nitrogen and oxygen atoms in total. The Balaban J connectivity index is 1.47. The monoisotopic (exact) mass is 420 g/mol. The van der Waals surface area contributed by atoms with Gasteiger partial charge in [0, 0.05) is 23.6 Å². The van der Waals surface area contributed by atoms with E-state index in [1.807, 2.05) is 24.4 Å². The molecule has 0 spiro atoms. The number of phenols is 1. The van der Waals surface area contributed by atoms with Crippen LogP contribution >= 0.6 is 0 Å². The van der Waals surface area contributed by atoms with Gasteiger partial charge in [0.25, 0.3) is 0 Å². The summed E-state index contributed by atoms with van der Waals surface area (Å²) in [5.74, 6) is 0.529. The lowest BCUT2D eigenvalue weighted by molar-refractivity contribution is -0.120. The molecule has 0 saturated carbocycles. The van der Waals surface area contributed by atoms with E-state index in [1.54, 1.807) is 33.1 Å². The Bertz CT molecular complexity index is 1350. The van der Waals surface area contributed by atoms with Crippen molar-refractivity contribution in [3.63, 3.8) is 0 Å². The Morgan fingerprint density at radius 3 is 2.81 bits per heavy atom. The normalized spacial score (nSPS) is 11.2. The molecule has 0 radical (unpaired) electrons. The van der Waals surface area contributed by atoms with E-state index in [4.69, 9.17) is 9.15 Å². The van der Waals surface area contributed by atoms with Crippen LogP contribution in [0.15, 0.2) is 45.7 Å². The predicted octanol–water partition coefficient (Wildman–Crippen LogP) is 3.51. The van der Waals surface area contributed by atoms with Crippen LogP contribution in [0.1, 0.15) is 22.3 Å². The lowest BCUT2D eigenvalue weighted by Crippen LogP contribution is -2.29. The largest absolute Gasteiger partial charge is 0.507 e. The average molecular weight is 420 g/mol. The van der Waals surface area contributed by atoms with Crippen molar-refractivity contribution >= 4 is 27.8 Å². The highest BCUT2D eigenvalue weighted by atomic mass is 16.5. The number of ether oxygens (including phenoxy) is 1. The zero-order valence-electron chi connectivity index (χ0n) is 17.7. The first-order chi connectivity index (χ1) is 14.9. The van der Waals surface area contributed by atoms with Crippen LogP contribution in [-0.4, -0.2) is 29.7 Å². The van der Waals surface area contributed by atoms with E-state index in [-0.39, 0.29) is 23.6 Å². The van der Waals surface area contributed by atoms with Gasteiger partial charge in [0.15, 0.2) is 0 Å². The molecular weight excluding hydrogens is 396 g/mol. The van der Waals surface area contributed by atoms with Crippen LogP contribution in [-0.2, 0) is 17.6 Å². The molecule has 3 N–H and O–H groups in total. The quantitative estimate of drug-likeness (QED) is 0.414. The molecule has 2 aromatic carbocycles. The van der Waals surface area contributed by atoms with E-state index >= 15 is 0 Å². The number of aromatic hydroxyl groups is 1. The molecule has 0 fully saturated rings. The van der Waals surface area contributed by atoms with Gasteiger partial charge in [-0.05, 0) is 67.3 Å². The van der Waals surface area contributed by atoms with Gasteiger partial charge in [0.05, 0.1) is 24.5 Å². The van der Waals surface area contributed by atoms with Crippen LogP contribution in [0.25, 0.3) is 21.9 Å². The molecular formula is C24H24N2O5. The predicted molar refractivity (Wildman–Crippen MR) is 119 cm³/mol. The lowest BCUT2D eigenvalue weighted by Gasteiger charge is -2.10. The van der Waals surface area contributed by atoms with Crippen molar-refractivity contribution in [3.05, 3.63) is 69.2 Å². The molecule has 2 heterocycles. The van der Waals surface area contributed by atoms with Gasteiger partial charge in [-0.2, -0.15) is 0 Å². The summed E-state index contributed by atoms with van der Waals surface area (Å²) in [6, 6.07) is 9.11. The molecule has 160 valence electrons. The van der Waals surface area contributed by atoms with E-state index in [1.165, 1.54) is 0 Å². The summed E-state index contributed by atoms with van der Waals surface area (Å²) in [6.07, 6.45) is 2.44. The number of methoxy groups -OCH3 is 1. The minimum atomic E-state index is -0.561. The molecule has 0 saturated heterocycles. The molecule has 1 amide bonds. The summed E-state index contributed by atoms with van der Waals surface area (Å²) in [5, 5.41) is 14.6. The van der Waals surface area contributed by atoms with Crippen molar-refractivity contribution in [2.24, 2.45) is 0 Å². The Labute approximate surface area is 178 Å². The summed E-state index contributed by atoms with van der Waals surface area (Å²) in [5.41, 5.74) is 3.42. The number of benzene rings is 2. The maximum absolute atomic E-state index is 12.5. The third kappa shape index (κ3) is 3.99. The topological polar surface area (TPSA) is 105 Å². The molecule has 0 atom stereocenters. The van der Waals surface area contributed by atoms with Gasteiger partial charge >= 0.3 is 5.63 Å². The number of carbonyl (C=O) groups is 1. The number of aromatic nitrogens is 1. The van der Waals surface area contributed by atoms with Gasteiger partial charge in [-0.25, -0.2) is 4.79 Å². The van der Waals surface area contributed by atoms with Gasteiger partial charge in [-0.1, -0.05) is 0 Å². The number of nitrogens with one attached hydrogen (secondary N) is 2. The van der Waals surface area contributed by atoms with Gasteiger partial charge in [0.1, 0.15) is 17.1 Å². The van der Waals surface area contributed by atoms with Crippen molar-refractivity contribution in [1.29, 1.82) is 0 Å². The zero-order chi connectivity index (χ0) is 22.1. The molecule has 0 aliphatic heterocycles. The molecule has 7 heteroatoms. The van der Waals surface area contributed by atoms with Crippen molar-refractivity contribution in [2.75, 3.05) is 13.7 Å². The fourth-order valence-corrected chi connectivity index (χ4v) is 3.91. The number of amides is 1. The number of rotatable bonds is 6. The highest BCUT2D eigenvalue weighted by molar-refractivity contribution is 5.89. The molecule has 0 unspecified atom stereocenters. The van der Waals surface area contributed by atoms with Gasteiger partial charge in [-0.15, -0.1) is 0 Å². The van der Waals surface area contributed by atoms with E-state index in [0.29, 0.717) is 29.5 Å². The standard InChI is InChI=1S/C24H24N2O5/c1-13-8-20(27)23-14(2)17(24(29)31-21(23)9-13)11-22(28)25-7-6-15-12-26-19-5-4-16(30-3)10-18(15)19/h4-5,8-10,12,26-27H,6-7,11H2,1-3H3,(H,25,28). The van der Waals surface area contributed by atoms with E-state index < -0.39 is 5.63 Å². The number of hydrogen-bond donors (Lipinski definition) is 3. The second-order valence-corrected chi connectivity index (χ2v) is 7.65. The third-order valence-corrected chi connectivity index (χ3v) is 5.53. The first-order valence-electron chi connectivity index (χ1n) is 10.0. The number of hydrogen-bond acceptors (Lipinski definition) is 5. The summed E-state index contributed by atoms with van der Waals surface area (Å²) in [4.78, 5) is 28.2. The van der Waals surface area contributed by atoms with Gasteiger partial charge < -0.3 is 24.6 Å². The smallest absolute Gasteiger partial charge is 0.340 e. The maximum atomic E-state index is 12.5. The summed E-state index contributed by atoms with van der Waals surface area (Å²) < 4.78 is 10.6. The molecule has 2 aromatic heterocycles. The zero-order valence-corrected chi connectivity index (χ0v) is 17.7. The van der Waals surface area contributed by atoms with Crippen molar-refractivity contribution in [3.8, 4) is 11.5 Å². The Hall–Kier alpha value is -3.74. The average Bonchev–Trinajstić information content (AvgIpc) is 3.12. The van der Waals surface area contributed by atoms with E-state index in [9.17, 15) is 14.7 Å². The number of fused-ring (bicyclic) bond motifs is 2. The van der Waals surface area contributed by atoms with Crippen LogP contribution < -0.4 is 15.7 Å². The minimum absolute atomic E-state index is 0.0349. The summed E-state index contributed by atoms with van der Waals surface area (Å²) >= 11 is 0. The van der Waals surface area contributed by atoms with Crippen LogP contribution in [0.5, 0.6) is 11.5 Å².